The number of halogens is 2. The van der Waals surface area contributed by atoms with E-state index >= 15 is 0 Å². The maximum absolute atomic E-state index is 6.33. The topological polar surface area (TPSA) is 6.48 Å². The van der Waals surface area contributed by atoms with Crippen molar-refractivity contribution in [2.45, 2.75) is 25.3 Å². The highest BCUT2D eigenvalue weighted by atomic mass is 35.5. The molecule has 0 saturated carbocycles. The lowest BCUT2D eigenvalue weighted by Gasteiger charge is -2.38. The Morgan fingerprint density at radius 1 is 1.08 bits per heavy atom. The van der Waals surface area contributed by atoms with Crippen LogP contribution in [0.5, 0.6) is 0 Å². The van der Waals surface area contributed by atoms with Crippen molar-refractivity contribution in [3.63, 3.8) is 0 Å². The minimum absolute atomic E-state index is 0.483. The SMILES string of the molecule is CC=CCN1CC[C@@H]2[C@@H](C1)c1cc(Cl)ccc1N2c1ccc(Cl)cc1. The maximum Gasteiger partial charge on any atom is 0.0451 e. The van der Waals surface area contributed by atoms with Crippen molar-refractivity contribution in [3.05, 3.63) is 70.2 Å². The summed E-state index contributed by atoms with van der Waals surface area (Å²) in [7, 11) is 0. The molecule has 2 aliphatic rings. The Morgan fingerprint density at radius 3 is 2.60 bits per heavy atom. The van der Waals surface area contributed by atoms with Gasteiger partial charge >= 0.3 is 0 Å². The van der Waals surface area contributed by atoms with Gasteiger partial charge in [-0.15, -0.1) is 0 Å². The third-order valence-corrected chi connectivity index (χ3v) is 5.83. The van der Waals surface area contributed by atoms with E-state index in [0.717, 1.165) is 36.1 Å². The fourth-order valence-corrected chi connectivity index (χ4v) is 4.50. The van der Waals surface area contributed by atoms with E-state index < -0.39 is 0 Å². The Kier molecular flexibility index (Phi) is 4.77. The second-order valence-corrected chi connectivity index (χ2v) is 7.71. The first kappa shape index (κ1) is 17.0. The molecule has 2 aromatic rings. The lowest BCUT2D eigenvalue weighted by molar-refractivity contribution is 0.215. The molecule has 2 atom stereocenters. The second kappa shape index (κ2) is 7.03. The van der Waals surface area contributed by atoms with Gasteiger partial charge in [0.2, 0.25) is 0 Å². The van der Waals surface area contributed by atoms with Gasteiger partial charge in [-0.3, -0.25) is 4.90 Å². The fourth-order valence-electron chi connectivity index (χ4n) is 4.19. The number of fused-ring (bicyclic) bond motifs is 3. The summed E-state index contributed by atoms with van der Waals surface area (Å²) >= 11 is 12.4. The number of hydrogen-bond acceptors (Lipinski definition) is 2. The first-order valence-electron chi connectivity index (χ1n) is 8.85. The van der Waals surface area contributed by atoms with Crippen molar-refractivity contribution in [2.24, 2.45) is 0 Å². The Bertz CT molecular complexity index is 785. The van der Waals surface area contributed by atoms with Crippen LogP contribution in [0.1, 0.15) is 24.8 Å². The van der Waals surface area contributed by atoms with Crippen LogP contribution in [-0.4, -0.2) is 30.6 Å². The molecule has 0 unspecified atom stereocenters. The van der Waals surface area contributed by atoms with Gasteiger partial charge in [0.1, 0.15) is 0 Å². The zero-order chi connectivity index (χ0) is 17.4. The Balaban J connectivity index is 1.71. The average Bonchev–Trinajstić information content (AvgIpc) is 2.94. The number of nitrogens with zero attached hydrogens (tertiary/aromatic N) is 2. The molecule has 0 spiro atoms. The molecule has 0 N–H and O–H groups in total. The standard InChI is InChI=1S/C21H22Cl2N2/c1-2-3-11-24-12-10-21-19(14-24)18-13-16(23)6-9-20(18)25(21)17-7-4-15(22)5-8-17/h2-9,13,19,21H,10-12,14H2,1H3/t19-,21+/m0/s1. The normalized spacial score (nSPS) is 23.1. The van der Waals surface area contributed by atoms with E-state index in [-0.39, 0.29) is 0 Å². The van der Waals surface area contributed by atoms with Gasteiger partial charge in [0.25, 0.3) is 0 Å². The molecule has 0 bridgehead atoms. The second-order valence-electron chi connectivity index (χ2n) is 6.84. The molecule has 1 fully saturated rings. The summed E-state index contributed by atoms with van der Waals surface area (Å²) in [4.78, 5) is 5.02. The number of allylic oxidation sites excluding steroid dienone is 1. The van der Waals surface area contributed by atoms with Crippen molar-refractivity contribution >= 4 is 34.6 Å². The van der Waals surface area contributed by atoms with E-state index in [4.69, 9.17) is 23.2 Å². The van der Waals surface area contributed by atoms with Gasteiger partial charge in [-0.25, -0.2) is 0 Å². The van der Waals surface area contributed by atoms with Crippen LogP contribution in [-0.2, 0) is 0 Å². The number of benzene rings is 2. The van der Waals surface area contributed by atoms with Gasteiger partial charge in [-0.1, -0.05) is 35.4 Å². The predicted octanol–water partition coefficient (Wildman–Crippen LogP) is 5.88. The van der Waals surface area contributed by atoms with E-state index in [1.165, 1.54) is 16.9 Å². The van der Waals surface area contributed by atoms with Gasteiger partial charge in [0, 0.05) is 53.0 Å². The largest absolute Gasteiger partial charge is 0.337 e. The Morgan fingerprint density at radius 2 is 1.84 bits per heavy atom. The van der Waals surface area contributed by atoms with E-state index in [2.05, 4.69) is 53.1 Å². The van der Waals surface area contributed by atoms with Crippen LogP contribution in [0.25, 0.3) is 0 Å². The highest BCUT2D eigenvalue weighted by Gasteiger charge is 2.42. The summed E-state index contributed by atoms with van der Waals surface area (Å²) in [6.45, 7) is 5.31. The van der Waals surface area contributed by atoms with Crippen molar-refractivity contribution in [1.82, 2.24) is 4.90 Å². The monoisotopic (exact) mass is 372 g/mol. The highest BCUT2D eigenvalue weighted by Crippen LogP contribution is 2.49. The zero-order valence-electron chi connectivity index (χ0n) is 14.3. The first-order valence-corrected chi connectivity index (χ1v) is 9.60. The zero-order valence-corrected chi connectivity index (χ0v) is 15.8. The van der Waals surface area contributed by atoms with Crippen LogP contribution in [0.4, 0.5) is 11.4 Å². The van der Waals surface area contributed by atoms with Gasteiger partial charge in [0.05, 0.1) is 0 Å². The molecule has 2 aromatic carbocycles. The lowest BCUT2D eigenvalue weighted by atomic mass is 9.89. The van der Waals surface area contributed by atoms with Crippen LogP contribution < -0.4 is 4.90 Å². The van der Waals surface area contributed by atoms with Crippen LogP contribution in [0.2, 0.25) is 10.0 Å². The van der Waals surface area contributed by atoms with Crippen LogP contribution in [0.3, 0.4) is 0 Å². The molecule has 0 aliphatic carbocycles. The molecule has 0 radical (unpaired) electrons. The minimum Gasteiger partial charge on any atom is -0.337 e. The van der Waals surface area contributed by atoms with Gasteiger partial charge < -0.3 is 4.90 Å². The molecule has 1 saturated heterocycles. The van der Waals surface area contributed by atoms with Crippen LogP contribution in [0.15, 0.2) is 54.6 Å². The number of hydrogen-bond donors (Lipinski definition) is 0. The third kappa shape index (κ3) is 3.19. The summed E-state index contributed by atoms with van der Waals surface area (Å²) < 4.78 is 0. The molecule has 25 heavy (non-hydrogen) atoms. The molecule has 130 valence electrons. The predicted molar refractivity (Wildman–Crippen MR) is 107 cm³/mol. The van der Waals surface area contributed by atoms with E-state index in [0.29, 0.717) is 12.0 Å². The molecule has 0 aromatic heterocycles. The lowest BCUT2D eigenvalue weighted by Crippen LogP contribution is -2.44. The summed E-state index contributed by atoms with van der Waals surface area (Å²) in [6, 6.07) is 15.0. The number of likely N-dealkylation sites (tertiary alicyclic amines) is 1. The molecule has 4 rings (SSSR count). The van der Waals surface area contributed by atoms with Crippen LogP contribution >= 0.6 is 23.2 Å². The van der Waals surface area contributed by atoms with Gasteiger partial charge in [-0.2, -0.15) is 0 Å². The Labute approximate surface area is 159 Å². The fraction of sp³-hybridized carbons (Fsp3) is 0.333. The van der Waals surface area contributed by atoms with Gasteiger partial charge in [-0.05, 0) is 61.4 Å². The van der Waals surface area contributed by atoms with E-state index in [9.17, 15) is 0 Å². The average molecular weight is 373 g/mol. The molecule has 2 heterocycles. The third-order valence-electron chi connectivity index (χ3n) is 5.34. The molecular weight excluding hydrogens is 351 g/mol. The molecule has 2 aliphatic heterocycles. The minimum atomic E-state index is 0.483. The summed E-state index contributed by atoms with van der Waals surface area (Å²) in [5, 5.41) is 1.60. The van der Waals surface area contributed by atoms with Gasteiger partial charge in [0.15, 0.2) is 0 Å². The molecular formula is C21H22Cl2N2. The maximum atomic E-state index is 6.33. The smallest absolute Gasteiger partial charge is 0.0451 e. The summed E-state index contributed by atoms with van der Waals surface area (Å²) in [5.74, 6) is 0.489. The summed E-state index contributed by atoms with van der Waals surface area (Å²) in [6.07, 6.45) is 5.52. The molecule has 0 amide bonds. The van der Waals surface area contributed by atoms with Crippen molar-refractivity contribution in [2.75, 3.05) is 24.5 Å². The molecule has 4 heteroatoms. The number of anilines is 2. The van der Waals surface area contributed by atoms with E-state index in [1.807, 2.05) is 18.2 Å². The quantitative estimate of drug-likeness (QED) is 0.620. The summed E-state index contributed by atoms with van der Waals surface area (Å²) in [5.41, 5.74) is 3.87. The first-order chi connectivity index (χ1) is 12.2. The van der Waals surface area contributed by atoms with Crippen molar-refractivity contribution in [3.8, 4) is 0 Å². The Hall–Kier alpha value is -1.48. The van der Waals surface area contributed by atoms with Crippen LogP contribution in [0, 0.1) is 0 Å². The molecule has 2 nitrogen and oxygen atoms in total. The number of piperidine rings is 1. The highest BCUT2D eigenvalue weighted by molar-refractivity contribution is 6.31. The number of rotatable bonds is 3. The van der Waals surface area contributed by atoms with Crippen molar-refractivity contribution < 1.29 is 0 Å². The van der Waals surface area contributed by atoms with Crippen molar-refractivity contribution in [1.29, 1.82) is 0 Å². The van der Waals surface area contributed by atoms with E-state index in [1.54, 1.807) is 0 Å².